The maximum absolute atomic E-state index is 13.6. The second kappa shape index (κ2) is 15.7. The van der Waals surface area contributed by atoms with Crippen LogP contribution in [0.15, 0.2) is 72.8 Å². The second-order valence-electron chi connectivity index (χ2n) is 11.6. The van der Waals surface area contributed by atoms with E-state index in [9.17, 15) is 79.0 Å². The largest absolute Gasteiger partial charge is 0.435 e. The number of halogens is 18. The Morgan fingerprint density at radius 2 is 0.745 bits per heavy atom. The van der Waals surface area contributed by atoms with Gasteiger partial charge in [0.25, 0.3) is 0 Å². The van der Waals surface area contributed by atoms with E-state index in [0.717, 1.165) is 11.8 Å². The molecule has 26 heteroatoms. The molecule has 0 atom stereocenters. The molecule has 0 unspecified atom stereocenters. The van der Waals surface area contributed by atoms with E-state index in [1.54, 1.807) is 0 Å². The number of aryl methyl sites for hydroxylation is 1. The maximum Gasteiger partial charge on any atom is 0.435 e. The van der Waals surface area contributed by atoms with Crippen molar-refractivity contribution >= 4 is 7.12 Å². The van der Waals surface area contributed by atoms with Crippen molar-refractivity contribution < 1.29 is 98.5 Å². The van der Waals surface area contributed by atoms with Gasteiger partial charge < -0.3 is 13.8 Å². The number of hydrogen-bond donors (Lipinski definition) is 0. The first-order chi connectivity index (χ1) is 24.5. The van der Waals surface area contributed by atoms with Crippen LogP contribution in [0.3, 0.4) is 0 Å². The summed E-state index contributed by atoms with van der Waals surface area (Å²) < 4.78 is 237. The summed E-state index contributed by atoms with van der Waals surface area (Å²) in [5, 5.41) is 6.84. The summed E-state index contributed by atoms with van der Waals surface area (Å²) in [6.07, 6.45) is -25.5. The van der Waals surface area contributed by atoms with E-state index in [4.69, 9.17) is 0 Å². The zero-order valence-corrected chi connectivity index (χ0v) is 28.5. The van der Waals surface area contributed by atoms with Crippen molar-refractivity contribution in [3.05, 3.63) is 113 Å². The fourth-order valence-electron chi connectivity index (χ4n) is 5.24. The average molecular weight is 908 g/mol. The first kappa shape index (κ1) is 45.1. The van der Waals surface area contributed by atoms with Crippen LogP contribution in [0.1, 0.15) is 46.1 Å². The van der Waals surface area contributed by atoms with Gasteiger partial charge in [-0.1, -0.05) is 60.2 Å². The average Bonchev–Trinajstić information content (AvgIpc) is 3.84. The fraction of sp³-hybridized carbons (Fsp3) is 0.345. The van der Waals surface area contributed by atoms with E-state index in [2.05, 4.69) is 58.7 Å². The SMILES string of the molecule is C1=CC2C=CC1C2.Cc1ccccc1.FC(F)(F)c1cc(C(F)(F)F)n([BH-](n2nc(C(F)(F)F)cc2C(F)(F)F)n2nc(C(F)(F)F)cc2C(F)(F)F)n1.[Rh]. The number of aromatic nitrogens is 6. The van der Waals surface area contributed by atoms with Crippen LogP contribution in [-0.2, 0) is 56.5 Å². The Hall–Kier alpha value is -4.24. The topological polar surface area (TPSA) is 53.5 Å². The molecule has 4 aromatic rings. The summed E-state index contributed by atoms with van der Waals surface area (Å²) in [4.78, 5) is 0. The molecule has 1 radical (unpaired) electrons. The molecule has 0 amide bonds. The smallest absolute Gasteiger partial charge is 0.392 e. The predicted octanol–water partition coefficient (Wildman–Crippen LogP) is 9.79. The van der Waals surface area contributed by atoms with Crippen LogP contribution in [0.2, 0.25) is 0 Å². The molecule has 0 aliphatic heterocycles. The second-order valence-corrected chi connectivity index (χ2v) is 11.6. The third kappa shape index (κ3) is 11.0. The Balaban J connectivity index is 0.000000444. The predicted molar refractivity (Wildman–Crippen MR) is 151 cm³/mol. The Labute approximate surface area is 309 Å². The summed E-state index contributed by atoms with van der Waals surface area (Å²) >= 11 is 0. The van der Waals surface area contributed by atoms with Crippen LogP contribution < -0.4 is 0 Å². The Morgan fingerprint density at radius 1 is 0.473 bits per heavy atom. The van der Waals surface area contributed by atoms with Gasteiger partial charge in [-0.25, -0.2) is 15.3 Å². The molecule has 6 nitrogen and oxygen atoms in total. The Bertz CT molecular complexity index is 1770. The minimum atomic E-state index is -6.13. The van der Waals surface area contributed by atoms with Gasteiger partial charge in [0.2, 0.25) is 0 Å². The maximum atomic E-state index is 13.6. The third-order valence-electron chi connectivity index (χ3n) is 7.58. The van der Waals surface area contributed by atoms with Crippen molar-refractivity contribution in [3.63, 3.8) is 0 Å². The standard InChI is InChI=1S/C15H4BF18N6.2C7H8.Rh/c17-10(18,19)4-1-7(13(26,27)28)38(35-4)16(39-8(14(29,30)31)2-5(36-39)11(20,21)22)40-9(15(32,33)34)3-6(37-40)12(23,24)25;1-2-7-4-3-6(1)5-7;1-7-5-3-2-4-6-7;/h1-3,16H;1-4,6-7H,5H2;2-6H,1H3;/q-1;;;. The molecule has 2 bridgehead atoms. The number of hydrogen-bond acceptors (Lipinski definition) is 3. The minimum absolute atomic E-state index is 0. The van der Waals surface area contributed by atoms with Crippen LogP contribution in [0.5, 0.6) is 0 Å². The first-order valence-corrected chi connectivity index (χ1v) is 14.8. The number of benzene rings is 1. The number of nitrogens with zero attached hydrogens (tertiary/aromatic N) is 6. The van der Waals surface area contributed by atoms with Gasteiger partial charge >= 0.3 is 44.2 Å². The molecule has 3 aromatic heterocycles. The van der Waals surface area contributed by atoms with Crippen LogP contribution in [0.25, 0.3) is 0 Å². The molecule has 0 N–H and O–H groups in total. The number of fused-ring (bicyclic) bond motifs is 2. The van der Waals surface area contributed by atoms with Gasteiger partial charge in [-0.3, -0.25) is 0 Å². The van der Waals surface area contributed by atoms with Crippen LogP contribution in [0.4, 0.5) is 79.0 Å². The molecule has 0 fully saturated rings. The molecule has 0 spiro atoms. The first-order valence-electron chi connectivity index (χ1n) is 14.8. The van der Waals surface area contributed by atoms with Gasteiger partial charge in [-0.15, -0.1) is 0 Å². The van der Waals surface area contributed by atoms with E-state index in [1.165, 1.54) is 12.0 Å². The molecule has 0 saturated heterocycles. The van der Waals surface area contributed by atoms with Crippen molar-refractivity contribution in [3.8, 4) is 0 Å². The minimum Gasteiger partial charge on any atom is -0.392 e. The molecule has 3 heterocycles. The molecule has 305 valence electrons. The van der Waals surface area contributed by atoms with Crippen LogP contribution in [-0.4, -0.2) is 36.2 Å². The van der Waals surface area contributed by atoms with Gasteiger partial charge in [-0.2, -0.15) is 79.0 Å². The van der Waals surface area contributed by atoms with Gasteiger partial charge in [0.1, 0.15) is 17.1 Å². The van der Waals surface area contributed by atoms with Crippen molar-refractivity contribution in [1.29, 1.82) is 0 Å². The Kier molecular flexibility index (Phi) is 12.9. The fourth-order valence-corrected chi connectivity index (χ4v) is 5.24. The molecular formula is C29H20BF18N6Rh-. The van der Waals surface area contributed by atoms with E-state index in [1.807, 2.05) is 18.2 Å². The molecule has 55 heavy (non-hydrogen) atoms. The molecule has 2 aliphatic carbocycles. The van der Waals surface area contributed by atoms with Gasteiger partial charge in [-0.05, 0) is 43.4 Å². The summed E-state index contributed by atoms with van der Waals surface area (Å²) in [6.45, 7) is 2.08. The van der Waals surface area contributed by atoms with Gasteiger partial charge in [0, 0.05) is 19.5 Å². The molecule has 6 rings (SSSR count). The summed E-state index contributed by atoms with van der Waals surface area (Å²) in [6, 6.07) is 7.44. The zero-order chi connectivity index (χ0) is 40.8. The summed E-state index contributed by atoms with van der Waals surface area (Å²) in [5.41, 5.74) is -15.0. The normalized spacial score (nSPS) is 17.2. The molecule has 2 aliphatic rings. The molecule has 0 saturated carbocycles. The Morgan fingerprint density at radius 3 is 0.909 bits per heavy atom. The van der Waals surface area contributed by atoms with E-state index in [0.29, 0.717) is 0 Å². The number of alkyl halides is 18. The number of rotatable bonds is 3. The van der Waals surface area contributed by atoms with Crippen LogP contribution in [0, 0.1) is 18.8 Å². The van der Waals surface area contributed by atoms with Gasteiger partial charge in [0.05, 0.1) is 0 Å². The summed E-state index contributed by atoms with van der Waals surface area (Å²) in [5.74, 6) is 1.62. The molecular weight excluding hydrogens is 888 g/mol. The van der Waals surface area contributed by atoms with Gasteiger partial charge in [0.15, 0.2) is 17.1 Å². The van der Waals surface area contributed by atoms with Crippen molar-refractivity contribution in [2.75, 3.05) is 0 Å². The van der Waals surface area contributed by atoms with Crippen molar-refractivity contribution in [2.45, 2.75) is 50.4 Å². The van der Waals surface area contributed by atoms with E-state index < -0.39 is 110 Å². The number of allylic oxidation sites excluding steroid dienone is 4. The monoisotopic (exact) mass is 908 g/mol. The zero-order valence-electron chi connectivity index (χ0n) is 26.8. The van der Waals surface area contributed by atoms with E-state index in [-0.39, 0.29) is 19.5 Å². The van der Waals surface area contributed by atoms with Crippen molar-refractivity contribution in [1.82, 2.24) is 29.1 Å². The van der Waals surface area contributed by atoms with E-state index >= 15 is 0 Å². The summed E-state index contributed by atoms with van der Waals surface area (Å²) in [7, 11) is -5.30. The van der Waals surface area contributed by atoms with Crippen molar-refractivity contribution in [2.24, 2.45) is 11.8 Å². The quantitative estimate of drug-likeness (QED) is 0.117. The third-order valence-corrected chi connectivity index (χ3v) is 7.58. The molecule has 1 aromatic carbocycles. The van der Waals surface area contributed by atoms with Crippen LogP contribution >= 0.6 is 0 Å².